The monoisotopic (exact) mass is 284 g/mol. The average molecular weight is 285 g/mol. The van der Waals surface area contributed by atoms with Gasteiger partial charge in [-0.3, -0.25) is 0 Å². The Morgan fingerprint density at radius 1 is 1.06 bits per heavy atom. The molecule has 0 spiro atoms. The molecule has 0 aliphatic rings. The predicted octanol–water partition coefficient (Wildman–Crippen LogP) is 4.41. The highest BCUT2D eigenvalue weighted by atomic mass is 35.5. The fourth-order valence-electron chi connectivity index (χ4n) is 1.71. The van der Waals surface area contributed by atoms with Crippen molar-refractivity contribution in [3.05, 3.63) is 69.5 Å². The van der Waals surface area contributed by atoms with Crippen molar-refractivity contribution in [2.75, 3.05) is 0 Å². The Hall–Kier alpha value is -1.09. The van der Waals surface area contributed by atoms with Crippen LogP contribution in [0.3, 0.4) is 0 Å². The first-order valence-electron chi connectivity index (χ1n) is 5.44. The van der Waals surface area contributed by atoms with E-state index in [-0.39, 0.29) is 5.02 Å². The summed E-state index contributed by atoms with van der Waals surface area (Å²) in [4.78, 5) is 0. The van der Waals surface area contributed by atoms with E-state index in [1.807, 2.05) is 18.2 Å². The third-order valence-electron chi connectivity index (χ3n) is 2.70. The first kappa shape index (κ1) is 13.3. The first-order valence-corrected chi connectivity index (χ1v) is 6.20. The summed E-state index contributed by atoms with van der Waals surface area (Å²) in [6.07, 6.45) is -0.475. The molecule has 1 N–H and O–H groups in total. The molecule has 1 atom stereocenters. The lowest BCUT2D eigenvalue weighted by atomic mass is 10.0. The molecule has 0 aromatic heterocycles. The largest absolute Gasteiger partial charge is 0.388 e. The fraction of sp³-hybridized carbons (Fsp3) is 0.143. The molecule has 0 radical (unpaired) electrons. The molecular weight excluding hydrogens is 274 g/mol. The summed E-state index contributed by atoms with van der Waals surface area (Å²) >= 11 is 11.6. The van der Waals surface area contributed by atoms with Gasteiger partial charge in [0.05, 0.1) is 11.1 Å². The summed E-state index contributed by atoms with van der Waals surface area (Å²) in [5.74, 6) is -0.535. The molecule has 2 aromatic rings. The zero-order valence-electron chi connectivity index (χ0n) is 9.41. The summed E-state index contributed by atoms with van der Waals surface area (Å²) in [5.41, 5.74) is 1.30. The van der Waals surface area contributed by atoms with Crippen LogP contribution in [-0.2, 0) is 6.42 Å². The second-order valence-corrected chi connectivity index (χ2v) is 4.80. The molecule has 0 aliphatic carbocycles. The van der Waals surface area contributed by atoms with Gasteiger partial charge in [0.2, 0.25) is 0 Å². The second kappa shape index (κ2) is 5.70. The van der Waals surface area contributed by atoms with Gasteiger partial charge in [0.15, 0.2) is 0 Å². The lowest BCUT2D eigenvalue weighted by Crippen LogP contribution is -2.02. The van der Waals surface area contributed by atoms with Crippen molar-refractivity contribution in [2.24, 2.45) is 0 Å². The minimum atomic E-state index is -0.809. The van der Waals surface area contributed by atoms with Crippen LogP contribution in [0.5, 0.6) is 0 Å². The van der Waals surface area contributed by atoms with Crippen molar-refractivity contribution in [3.63, 3.8) is 0 Å². The summed E-state index contributed by atoms with van der Waals surface area (Å²) in [6.45, 7) is 0. The Kier molecular flexibility index (Phi) is 4.23. The Bertz CT molecular complexity index is 557. The van der Waals surface area contributed by atoms with E-state index in [0.717, 1.165) is 5.56 Å². The van der Waals surface area contributed by atoms with Gasteiger partial charge < -0.3 is 5.11 Å². The van der Waals surface area contributed by atoms with E-state index in [1.54, 1.807) is 12.1 Å². The number of halogens is 3. The van der Waals surface area contributed by atoms with Crippen molar-refractivity contribution in [1.82, 2.24) is 0 Å². The van der Waals surface area contributed by atoms with E-state index < -0.39 is 11.9 Å². The quantitative estimate of drug-likeness (QED) is 0.885. The van der Waals surface area contributed by atoms with Gasteiger partial charge in [-0.1, -0.05) is 47.5 Å². The molecule has 0 saturated heterocycles. The van der Waals surface area contributed by atoms with Crippen LogP contribution in [0.15, 0.2) is 42.5 Å². The van der Waals surface area contributed by atoms with Crippen molar-refractivity contribution < 1.29 is 9.50 Å². The molecule has 1 nitrogen and oxygen atoms in total. The van der Waals surface area contributed by atoms with Gasteiger partial charge in [-0.05, 0) is 29.3 Å². The highest BCUT2D eigenvalue weighted by Crippen LogP contribution is 2.25. The fourth-order valence-corrected chi connectivity index (χ4v) is 2.04. The van der Waals surface area contributed by atoms with Crippen LogP contribution in [0, 0.1) is 5.82 Å². The average Bonchev–Trinajstić information content (AvgIpc) is 2.35. The molecule has 1 unspecified atom stereocenters. The van der Waals surface area contributed by atoms with Crippen molar-refractivity contribution in [3.8, 4) is 0 Å². The highest BCUT2D eigenvalue weighted by Gasteiger charge is 2.12. The van der Waals surface area contributed by atoms with Crippen LogP contribution in [0.4, 0.5) is 4.39 Å². The minimum Gasteiger partial charge on any atom is -0.388 e. The summed E-state index contributed by atoms with van der Waals surface area (Å²) in [5, 5.41) is 10.7. The van der Waals surface area contributed by atoms with E-state index in [1.165, 1.54) is 12.1 Å². The topological polar surface area (TPSA) is 20.2 Å². The van der Waals surface area contributed by atoms with Gasteiger partial charge in [0.25, 0.3) is 0 Å². The summed E-state index contributed by atoms with van der Waals surface area (Å²) < 4.78 is 13.3. The van der Waals surface area contributed by atoms with Crippen LogP contribution < -0.4 is 0 Å². The van der Waals surface area contributed by atoms with Gasteiger partial charge in [0, 0.05) is 11.4 Å². The minimum absolute atomic E-state index is 0.0451. The maximum atomic E-state index is 13.3. The Labute approximate surface area is 115 Å². The molecular formula is C14H11Cl2FO. The standard InChI is InChI=1S/C14H11Cl2FO/c15-11-4-2-1-3-9(11)8-14(18)10-5-6-12(16)13(17)7-10/h1-7,14,18H,8H2. The van der Waals surface area contributed by atoms with Crippen LogP contribution in [0.2, 0.25) is 10.0 Å². The summed E-state index contributed by atoms with van der Waals surface area (Å²) in [6, 6.07) is 11.5. The molecule has 0 amide bonds. The maximum Gasteiger partial charge on any atom is 0.142 e. The van der Waals surface area contributed by atoms with Crippen LogP contribution in [0.25, 0.3) is 0 Å². The van der Waals surface area contributed by atoms with E-state index in [0.29, 0.717) is 17.0 Å². The SMILES string of the molecule is OC(Cc1ccccc1Cl)c1ccc(Cl)c(F)c1. The number of hydrogen-bond acceptors (Lipinski definition) is 1. The Balaban J connectivity index is 2.19. The molecule has 2 rings (SSSR count). The van der Waals surface area contributed by atoms with Crippen LogP contribution in [0.1, 0.15) is 17.2 Å². The van der Waals surface area contributed by atoms with Crippen LogP contribution >= 0.6 is 23.2 Å². The molecule has 4 heteroatoms. The number of hydrogen-bond donors (Lipinski definition) is 1. The third-order valence-corrected chi connectivity index (χ3v) is 3.37. The van der Waals surface area contributed by atoms with Gasteiger partial charge in [-0.2, -0.15) is 0 Å². The van der Waals surface area contributed by atoms with E-state index in [2.05, 4.69) is 0 Å². The first-order chi connectivity index (χ1) is 8.58. The Morgan fingerprint density at radius 3 is 2.44 bits per heavy atom. The number of aliphatic hydroxyl groups excluding tert-OH is 1. The highest BCUT2D eigenvalue weighted by molar-refractivity contribution is 6.31. The van der Waals surface area contributed by atoms with Crippen molar-refractivity contribution in [1.29, 1.82) is 0 Å². The third kappa shape index (κ3) is 3.02. The molecule has 0 bridgehead atoms. The lowest BCUT2D eigenvalue weighted by molar-refractivity contribution is 0.178. The van der Waals surface area contributed by atoms with Crippen molar-refractivity contribution >= 4 is 23.2 Å². The Morgan fingerprint density at radius 2 is 1.78 bits per heavy atom. The molecule has 0 aliphatic heterocycles. The number of rotatable bonds is 3. The van der Waals surface area contributed by atoms with E-state index in [9.17, 15) is 9.50 Å². The van der Waals surface area contributed by atoms with E-state index in [4.69, 9.17) is 23.2 Å². The number of aliphatic hydroxyl groups is 1. The molecule has 0 heterocycles. The second-order valence-electron chi connectivity index (χ2n) is 3.98. The van der Waals surface area contributed by atoms with Crippen LogP contribution in [-0.4, -0.2) is 5.11 Å². The molecule has 0 fully saturated rings. The summed E-state index contributed by atoms with van der Waals surface area (Å²) in [7, 11) is 0. The smallest absolute Gasteiger partial charge is 0.142 e. The zero-order chi connectivity index (χ0) is 13.1. The van der Waals surface area contributed by atoms with Gasteiger partial charge >= 0.3 is 0 Å². The van der Waals surface area contributed by atoms with Gasteiger partial charge in [-0.15, -0.1) is 0 Å². The normalized spacial score (nSPS) is 12.4. The molecule has 0 saturated carbocycles. The zero-order valence-corrected chi connectivity index (χ0v) is 10.9. The van der Waals surface area contributed by atoms with Gasteiger partial charge in [-0.25, -0.2) is 4.39 Å². The van der Waals surface area contributed by atoms with E-state index >= 15 is 0 Å². The maximum absolute atomic E-state index is 13.3. The van der Waals surface area contributed by atoms with Crippen molar-refractivity contribution in [2.45, 2.75) is 12.5 Å². The molecule has 2 aromatic carbocycles. The number of benzene rings is 2. The van der Waals surface area contributed by atoms with Gasteiger partial charge in [0.1, 0.15) is 5.82 Å². The lowest BCUT2D eigenvalue weighted by Gasteiger charge is -2.12. The molecule has 94 valence electrons. The molecule has 18 heavy (non-hydrogen) atoms. The predicted molar refractivity (Wildman–Crippen MR) is 71.5 cm³/mol.